The van der Waals surface area contributed by atoms with Crippen LogP contribution in [0.25, 0.3) is 16.6 Å². The largest absolute Gasteiger partial charge is 0.236 e. The third kappa shape index (κ3) is 0.890. The molecule has 2 heterocycles. The van der Waals surface area contributed by atoms with Crippen LogP contribution in [0.5, 0.6) is 0 Å². The zero-order valence-corrected chi connectivity index (χ0v) is 8.72. The first kappa shape index (κ1) is 8.11. The molecule has 16 heavy (non-hydrogen) atoms. The van der Waals surface area contributed by atoms with Crippen molar-refractivity contribution in [1.82, 2.24) is 9.78 Å². The summed E-state index contributed by atoms with van der Waals surface area (Å²) < 4.78 is 2.08. The predicted molar refractivity (Wildman–Crippen MR) is 63.9 cm³/mol. The fraction of sp³-hybridized carbons (Fsp3) is 0.0714. The van der Waals surface area contributed by atoms with E-state index in [4.69, 9.17) is 0 Å². The SMILES string of the molecule is c1ccc2c(c1)Cc1c3ccccc3nn1-2. The van der Waals surface area contributed by atoms with Gasteiger partial charge in [0.1, 0.15) is 0 Å². The minimum atomic E-state index is 0.997. The maximum Gasteiger partial charge on any atom is 0.0930 e. The quantitative estimate of drug-likeness (QED) is 0.432. The summed E-state index contributed by atoms with van der Waals surface area (Å²) in [6.07, 6.45) is 0.997. The molecule has 1 aliphatic rings. The van der Waals surface area contributed by atoms with Gasteiger partial charge in [-0.25, -0.2) is 4.68 Å². The molecule has 1 aliphatic heterocycles. The van der Waals surface area contributed by atoms with E-state index in [1.54, 1.807) is 0 Å². The summed E-state index contributed by atoms with van der Waals surface area (Å²) in [5, 5.41) is 5.93. The van der Waals surface area contributed by atoms with Gasteiger partial charge in [-0.05, 0) is 17.7 Å². The van der Waals surface area contributed by atoms with Crippen LogP contribution in [0.2, 0.25) is 0 Å². The number of benzene rings is 2. The van der Waals surface area contributed by atoms with E-state index in [-0.39, 0.29) is 0 Å². The van der Waals surface area contributed by atoms with Crippen molar-refractivity contribution in [3.63, 3.8) is 0 Å². The Morgan fingerprint density at radius 3 is 2.75 bits per heavy atom. The lowest BCUT2D eigenvalue weighted by Gasteiger charge is -1.98. The predicted octanol–water partition coefficient (Wildman–Crippen LogP) is 2.93. The molecule has 0 fully saturated rings. The van der Waals surface area contributed by atoms with Crippen LogP contribution in [0.15, 0.2) is 48.5 Å². The summed E-state index contributed by atoms with van der Waals surface area (Å²) in [6, 6.07) is 16.8. The second-order valence-corrected chi connectivity index (χ2v) is 4.18. The lowest BCUT2D eigenvalue weighted by atomic mass is 10.1. The van der Waals surface area contributed by atoms with Gasteiger partial charge in [-0.2, -0.15) is 5.10 Å². The zero-order valence-electron chi connectivity index (χ0n) is 8.72. The van der Waals surface area contributed by atoms with Gasteiger partial charge >= 0.3 is 0 Å². The standard InChI is InChI=1S/C14H10N2/c1-4-8-13-10(5-1)9-14-11-6-2-3-7-12(11)15-16(13)14/h1-8H,9H2. The van der Waals surface area contributed by atoms with Crippen molar-refractivity contribution in [2.45, 2.75) is 6.42 Å². The summed E-state index contributed by atoms with van der Waals surface area (Å²) in [5.74, 6) is 0. The molecule has 0 bridgehead atoms. The van der Waals surface area contributed by atoms with Crippen molar-refractivity contribution in [2.75, 3.05) is 0 Å². The van der Waals surface area contributed by atoms with Gasteiger partial charge in [0.25, 0.3) is 0 Å². The molecule has 2 aromatic carbocycles. The molecule has 0 aliphatic carbocycles. The molecule has 76 valence electrons. The molecule has 1 aromatic heterocycles. The summed E-state index contributed by atoms with van der Waals surface area (Å²) in [7, 11) is 0. The molecule has 0 radical (unpaired) electrons. The van der Waals surface area contributed by atoms with Gasteiger partial charge in [0.05, 0.1) is 16.9 Å². The summed E-state index contributed by atoms with van der Waals surface area (Å²) >= 11 is 0. The van der Waals surface area contributed by atoms with Crippen LogP contribution in [0.3, 0.4) is 0 Å². The normalized spacial score (nSPS) is 12.8. The van der Waals surface area contributed by atoms with E-state index in [0.29, 0.717) is 0 Å². The number of fused-ring (bicyclic) bond motifs is 5. The molecule has 4 rings (SSSR count). The van der Waals surface area contributed by atoms with Gasteiger partial charge in [-0.15, -0.1) is 0 Å². The molecule has 0 saturated carbocycles. The maximum absolute atomic E-state index is 4.65. The molecule has 0 atom stereocenters. The van der Waals surface area contributed by atoms with E-state index < -0.39 is 0 Å². The molecule has 3 aromatic rings. The Morgan fingerprint density at radius 1 is 0.938 bits per heavy atom. The van der Waals surface area contributed by atoms with Crippen molar-refractivity contribution in [3.8, 4) is 5.69 Å². The van der Waals surface area contributed by atoms with E-state index in [1.165, 1.54) is 22.3 Å². The van der Waals surface area contributed by atoms with Crippen molar-refractivity contribution >= 4 is 10.9 Å². The van der Waals surface area contributed by atoms with Crippen LogP contribution in [-0.2, 0) is 6.42 Å². The van der Waals surface area contributed by atoms with Gasteiger partial charge in [-0.1, -0.05) is 36.4 Å². The van der Waals surface area contributed by atoms with Crippen LogP contribution < -0.4 is 0 Å². The van der Waals surface area contributed by atoms with E-state index in [2.05, 4.69) is 52.2 Å². The third-order valence-electron chi connectivity index (χ3n) is 3.26. The van der Waals surface area contributed by atoms with Gasteiger partial charge in [0.2, 0.25) is 0 Å². The van der Waals surface area contributed by atoms with Crippen molar-refractivity contribution in [1.29, 1.82) is 0 Å². The molecule has 0 unspecified atom stereocenters. The smallest absolute Gasteiger partial charge is 0.0930 e. The fourth-order valence-electron chi connectivity index (χ4n) is 2.50. The molecule has 2 nitrogen and oxygen atoms in total. The van der Waals surface area contributed by atoms with Gasteiger partial charge < -0.3 is 0 Å². The third-order valence-corrected chi connectivity index (χ3v) is 3.26. The van der Waals surface area contributed by atoms with Crippen LogP contribution >= 0.6 is 0 Å². The first-order chi connectivity index (χ1) is 7.93. The van der Waals surface area contributed by atoms with Crippen molar-refractivity contribution in [3.05, 3.63) is 59.8 Å². The minimum absolute atomic E-state index is 0.997. The van der Waals surface area contributed by atoms with E-state index in [9.17, 15) is 0 Å². The number of para-hydroxylation sites is 1. The van der Waals surface area contributed by atoms with E-state index in [0.717, 1.165) is 11.9 Å². The Kier molecular flexibility index (Phi) is 1.38. The summed E-state index contributed by atoms with van der Waals surface area (Å²) in [5.41, 5.74) is 5.01. The number of nitrogens with zero attached hydrogens (tertiary/aromatic N) is 2. The first-order valence-corrected chi connectivity index (χ1v) is 5.48. The molecule has 0 amide bonds. The second-order valence-electron chi connectivity index (χ2n) is 4.18. The van der Waals surface area contributed by atoms with Gasteiger partial charge in [0.15, 0.2) is 0 Å². The van der Waals surface area contributed by atoms with Crippen LogP contribution in [0.4, 0.5) is 0 Å². The van der Waals surface area contributed by atoms with Crippen LogP contribution in [-0.4, -0.2) is 9.78 Å². The molecule has 0 saturated heterocycles. The summed E-state index contributed by atoms with van der Waals surface area (Å²) in [4.78, 5) is 0. The molecule has 0 spiro atoms. The average Bonchev–Trinajstić information content (AvgIpc) is 2.85. The zero-order chi connectivity index (χ0) is 10.5. The molecule has 0 N–H and O–H groups in total. The second kappa shape index (κ2) is 2.73. The van der Waals surface area contributed by atoms with Gasteiger partial charge in [-0.3, -0.25) is 0 Å². The Bertz CT molecular complexity index is 695. The minimum Gasteiger partial charge on any atom is -0.236 e. The molecular weight excluding hydrogens is 196 g/mol. The Labute approximate surface area is 93.1 Å². The number of hydrogen-bond donors (Lipinski definition) is 0. The van der Waals surface area contributed by atoms with E-state index >= 15 is 0 Å². The highest BCUT2D eigenvalue weighted by Gasteiger charge is 2.21. The topological polar surface area (TPSA) is 17.8 Å². The highest BCUT2D eigenvalue weighted by Crippen LogP contribution is 2.31. The Balaban J connectivity index is 2.12. The fourth-order valence-corrected chi connectivity index (χ4v) is 2.50. The monoisotopic (exact) mass is 206 g/mol. The number of aromatic nitrogens is 2. The van der Waals surface area contributed by atoms with Crippen molar-refractivity contribution in [2.24, 2.45) is 0 Å². The lowest BCUT2D eigenvalue weighted by Crippen LogP contribution is -1.93. The molecular formula is C14H10N2. The maximum atomic E-state index is 4.65. The number of rotatable bonds is 0. The highest BCUT2D eigenvalue weighted by atomic mass is 15.3. The lowest BCUT2D eigenvalue weighted by molar-refractivity contribution is 0.885. The average molecular weight is 206 g/mol. The van der Waals surface area contributed by atoms with Crippen LogP contribution in [0.1, 0.15) is 11.3 Å². The van der Waals surface area contributed by atoms with Crippen LogP contribution in [0, 0.1) is 0 Å². The Hall–Kier alpha value is -2.09. The number of hydrogen-bond acceptors (Lipinski definition) is 1. The first-order valence-electron chi connectivity index (χ1n) is 5.48. The Morgan fingerprint density at radius 2 is 1.75 bits per heavy atom. The van der Waals surface area contributed by atoms with Crippen molar-refractivity contribution < 1.29 is 0 Å². The van der Waals surface area contributed by atoms with Gasteiger partial charge in [0, 0.05) is 11.8 Å². The van der Waals surface area contributed by atoms with E-state index in [1.807, 2.05) is 6.07 Å². The highest BCUT2D eigenvalue weighted by molar-refractivity contribution is 5.84. The molecule has 2 heteroatoms. The summed E-state index contributed by atoms with van der Waals surface area (Å²) in [6.45, 7) is 0.